The van der Waals surface area contributed by atoms with Gasteiger partial charge in [-0.1, -0.05) is 18.2 Å². The van der Waals surface area contributed by atoms with Crippen molar-refractivity contribution >= 4 is 40.9 Å². The molecule has 2 aromatic rings. The number of urea groups is 1. The number of carbonyl (C=O) groups is 3. The predicted molar refractivity (Wildman–Crippen MR) is 127 cm³/mol. The molecule has 0 bridgehead atoms. The predicted octanol–water partition coefficient (Wildman–Crippen LogP) is 4.60. The van der Waals surface area contributed by atoms with Gasteiger partial charge in [0.25, 0.3) is 11.8 Å². The van der Waals surface area contributed by atoms with Gasteiger partial charge in [-0.3, -0.25) is 14.9 Å². The molecule has 0 aliphatic carbocycles. The lowest BCUT2D eigenvalue weighted by Gasteiger charge is -2.40. The van der Waals surface area contributed by atoms with Crippen LogP contribution in [-0.4, -0.2) is 30.4 Å². The Morgan fingerprint density at radius 3 is 2.25 bits per heavy atom. The lowest BCUT2D eigenvalue weighted by atomic mass is 9.88. The van der Waals surface area contributed by atoms with Gasteiger partial charge in [-0.2, -0.15) is 0 Å². The molecule has 0 aromatic heterocycles. The van der Waals surface area contributed by atoms with Gasteiger partial charge in [0.1, 0.15) is 5.57 Å². The minimum Gasteiger partial charge on any atom is -0.366 e. The van der Waals surface area contributed by atoms with Crippen molar-refractivity contribution in [1.82, 2.24) is 5.32 Å². The number of amides is 4. The molecule has 164 valence electrons. The molecule has 6 nitrogen and oxygen atoms in total. The number of barbiturate groups is 1. The van der Waals surface area contributed by atoms with Crippen LogP contribution in [0.3, 0.4) is 0 Å². The zero-order valence-corrected chi connectivity index (χ0v) is 19.2. The topological polar surface area (TPSA) is 69.7 Å². The molecular weight excluding hydrogens is 402 g/mol. The Labute approximate surface area is 188 Å². The van der Waals surface area contributed by atoms with Crippen molar-refractivity contribution in [2.45, 2.75) is 40.2 Å². The molecule has 32 heavy (non-hydrogen) atoms. The molecule has 2 heterocycles. The molecule has 0 spiro atoms. The van der Waals surface area contributed by atoms with Crippen LogP contribution in [0.15, 0.2) is 48.0 Å². The summed E-state index contributed by atoms with van der Waals surface area (Å²) in [7, 11) is 2.05. The maximum absolute atomic E-state index is 13.2. The van der Waals surface area contributed by atoms with Gasteiger partial charge in [0.05, 0.1) is 11.2 Å². The molecule has 4 rings (SSSR count). The molecule has 1 fully saturated rings. The number of aryl methyl sites for hydroxylation is 2. The quantitative estimate of drug-likeness (QED) is 0.559. The Balaban J connectivity index is 1.75. The summed E-state index contributed by atoms with van der Waals surface area (Å²) in [6.45, 7) is 10.2. The molecule has 0 radical (unpaired) electrons. The smallest absolute Gasteiger partial charge is 0.335 e. The first-order valence-electron chi connectivity index (χ1n) is 10.6. The summed E-state index contributed by atoms with van der Waals surface area (Å²) < 4.78 is 0. The van der Waals surface area contributed by atoms with Crippen molar-refractivity contribution in [3.05, 3.63) is 70.3 Å². The summed E-state index contributed by atoms with van der Waals surface area (Å²) in [6.07, 6.45) is 3.75. The highest BCUT2D eigenvalue weighted by Crippen LogP contribution is 2.38. The average molecular weight is 430 g/mol. The molecule has 0 atom stereocenters. The Morgan fingerprint density at radius 1 is 0.938 bits per heavy atom. The molecule has 2 aliphatic heterocycles. The highest BCUT2D eigenvalue weighted by atomic mass is 16.2. The molecule has 2 aliphatic rings. The third-order valence-corrected chi connectivity index (χ3v) is 6.12. The van der Waals surface area contributed by atoms with Crippen LogP contribution in [0.5, 0.6) is 0 Å². The number of likely N-dealkylation sites (N-methyl/N-ethyl adjacent to an activating group) is 1. The minimum atomic E-state index is -0.741. The lowest BCUT2D eigenvalue weighted by molar-refractivity contribution is -0.122. The van der Waals surface area contributed by atoms with E-state index in [0.29, 0.717) is 5.69 Å². The third-order valence-electron chi connectivity index (χ3n) is 6.12. The first kappa shape index (κ1) is 21.6. The summed E-state index contributed by atoms with van der Waals surface area (Å²) in [4.78, 5) is 41.5. The van der Waals surface area contributed by atoms with E-state index in [2.05, 4.69) is 37.1 Å². The van der Waals surface area contributed by atoms with Crippen molar-refractivity contribution in [3.8, 4) is 0 Å². The van der Waals surface area contributed by atoms with Gasteiger partial charge in [-0.25, -0.2) is 9.69 Å². The van der Waals surface area contributed by atoms with Gasteiger partial charge in [-0.05, 0) is 87.2 Å². The maximum Gasteiger partial charge on any atom is 0.335 e. The number of anilines is 2. The minimum absolute atomic E-state index is 0.0742. The third kappa shape index (κ3) is 3.62. The molecule has 1 saturated heterocycles. The highest BCUT2D eigenvalue weighted by molar-refractivity contribution is 6.39. The SMILES string of the molecule is CC1=CC(C)(C)N(C)c2ccc(/C=C3/C(=O)NC(=O)N(c4cc(C)cc(C)c4)C3=O)cc21. The van der Waals surface area contributed by atoms with Crippen molar-refractivity contribution in [1.29, 1.82) is 0 Å². The van der Waals surface area contributed by atoms with Crippen LogP contribution in [0, 0.1) is 13.8 Å². The summed E-state index contributed by atoms with van der Waals surface area (Å²) in [5.74, 6) is -1.32. The number of nitrogens with zero attached hydrogens (tertiary/aromatic N) is 2. The molecule has 0 saturated carbocycles. The highest BCUT2D eigenvalue weighted by Gasteiger charge is 2.37. The first-order valence-corrected chi connectivity index (χ1v) is 10.6. The lowest BCUT2D eigenvalue weighted by Crippen LogP contribution is -2.54. The molecule has 2 aromatic carbocycles. The largest absolute Gasteiger partial charge is 0.366 e. The van der Waals surface area contributed by atoms with Gasteiger partial charge < -0.3 is 4.90 Å². The fourth-order valence-corrected chi connectivity index (χ4v) is 4.40. The van der Waals surface area contributed by atoms with E-state index in [1.807, 2.05) is 45.2 Å². The number of imide groups is 2. The fraction of sp³-hybridized carbons (Fsp3) is 0.269. The summed E-state index contributed by atoms with van der Waals surface area (Å²) in [5, 5.41) is 2.30. The van der Waals surface area contributed by atoms with Crippen molar-refractivity contribution in [2.75, 3.05) is 16.8 Å². The average Bonchev–Trinajstić information content (AvgIpc) is 2.68. The van der Waals surface area contributed by atoms with Crippen LogP contribution in [0.1, 0.15) is 43.0 Å². The van der Waals surface area contributed by atoms with Gasteiger partial charge >= 0.3 is 6.03 Å². The van der Waals surface area contributed by atoms with E-state index in [0.717, 1.165) is 38.4 Å². The Morgan fingerprint density at radius 2 is 1.59 bits per heavy atom. The summed E-state index contributed by atoms with van der Waals surface area (Å²) in [6, 6.07) is 10.6. The first-order chi connectivity index (χ1) is 15.0. The van der Waals surface area contributed by atoms with Crippen LogP contribution >= 0.6 is 0 Å². The normalized spacial score (nSPS) is 19.1. The Hall–Kier alpha value is -3.67. The van der Waals surface area contributed by atoms with Gasteiger partial charge in [0.15, 0.2) is 0 Å². The van der Waals surface area contributed by atoms with Crippen molar-refractivity contribution in [2.24, 2.45) is 0 Å². The molecule has 1 N–H and O–H groups in total. The van der Waals surface area contributed by atoms with E-state index in [1.54, 1.807) is 18.2 Å². The van der Waals surface area contributed by atoms with Gasteiger partial charge in [-0.15, -0.1) is 0 Å². The van der Waals surface area contributed by atoms with Crippen molar-refractivity contribution in [3.63, 3.8) is 0 Å². The number of nitrogens with one attached hydrogen (secondary N) is 1. The van der Waals surface area contributed by atoms with Crippen molar-refractivity contribution < 1.29 is 14.4 Å². The Kier molecular flexibility index (Phi) is 5.04. The number of carbonyl (C=O) groups excluding carboxylic acids is 3. The van der Waals surface area contributed by atoms with Gasteiger partial charge in [0, 0.05) is 18.3 Å². The molecule has 6 heteroatoms. The summed E-state index contributed by atoms with van der Waals surface area (Å²) >= 11 is 0. The monoisotopic (exact) mass is 429 g/mol. The maximum atomic E-state index is 13.2. The van der Waals surface area contributed by atoms with Crippen LogP contribution < -0.4 is 15.1 Å². The van der Waals surface area contributed by atoms with Crippen LogP contribution in [0.4, 0.5) is 16.2 Å². The van der Waals surface area contributed by atoms with Crippen LogP contribution in [0.2, 0.25) is 0 Å². The molecule has 4 amide bonds. The standard InChI is InChI=1S/C26H27N3O3/c1-15-9-16(2)11-19(10-15)29-24(31)21(23(30)27-25(29)32)13-18-7-8-22-20(12-18)17(3)14-26(4,5)28(22)6/h7-14H,1-6H3,(H,27,30,32)/b21-13-. The van der Waals surface area contributed by atoms with Crippen LogP contribution in [-0.2, 0) is 9.59 Å². The summed E-state index contributed by atoms with van der Waals surface area (Å²) in [5.41, 5.74) is 6.09. The number of hydrogen-bond acceptors (Lipinski definition) is 4. The van der Waals surface area contributed by atoms with E-state index < -0.39 is 17.8 Å². The molecular formula is C26H27N3O3. The van der Waals surface area contributed by atoms with E-state index >= 15 is 0 Å². The number of benzene rings is 2. The molecule has 0 unspecified atom stereocenters. The number of hydrogen-bond donors (Lipinski definition) is 1. The Bertz CT molecular complexity index is 1220. The second-order valence-corrected chi connectivity index (χ2v) is 9.12. The van der Waals surface area contributed by atoms with Crippen LogP contribution in [0.25, 0.3) is 11.6 Å². The fourth-order valence-electron chi connectivity index (χ4n) is 4.40. The number of fused-ring (bicyclic) bond motifs is 1. The van der Waals surface area contributed by atoms with E-state index in [-0.39, 0.29) is 11.1 Å². The number of rotatable bonds is 2. The number of allylic oxidation sites excluding steroid dienone is 1. The van der Waals surface area contributed by atoms with E-state index in [4.69, 9.17) is 0 Å². The van der Waals surface area contributed by atoms with E-state index in [1.165, 1.54) is 0 Å². The second-order valence-electron chi connectivity index (χ2n) is 9.12. The second kappa shape index (κ2) is 7.48. The zero-order valence-electron chi connectivity index (χ0n) is 19.2. The van der Waals surface area contributed by atoms with E-state index in [9.17, 15) is 14.4 Å². The zero-order chi connectivity index (χ0) is 23.4. The van der Waals surface area contributed by atoms with Gasteiger partial charge in [0.2, 0.25) is 0 Å².